The Labute approximate surface area is 103 Å². The molecule has 98 valence electrons. The van der Waals surface area contributed by atoms with E-state index < -0.39 is 18.0 Å². The van der Waals surface area contributed by atoms with Crippen molar-refractivity contribution in [1.29, 1.82) is 0 Å². The minimum Gasteiger partial charge on any atom is -0.480 e. The van der Waals surface area contributed by atoms with E-state index in [1.54, 1.807) is 6.92 Å². The van der Waals surface area contributed by atoms with Crippen LogP contribution in [0.15, 0.2) is 17.2 Å². The lowest BCUT2D eigenvalue weighted by atomic mass is 10.2. The Morgan fingerprint density at radius 3 is 2.83 bits per heavy atom. The van der Waals surface area contributed by atoms with Crippen LogP contribution in [0.2, 0.25) is 0 Å². The summed E-state index contributed by atoms with van der Waals surface area (Å²) < 4.78 is 4.78. The van der Waals surface area contributed by atoms with Crippen molar-refractivity contribution in [3.8, 4) is 0 Å². The second-order valence-corrected chi connectivity index (χ2v) is 3.48. The molecule has 0 aromatic carbocycles. The van der Waals surface area contributed by atoms with Crippen LogP contribution in [-0.4, -0.2) is 33.3 Å². The van der Waals surface area contributed by atoms with Gasteiger partial charge in [0, 0.05) is 0 Å². The number of carbonyl (C=O) groups excluding carboxylic acids is 1. The summed E-state index contributed by atoms with van der Waals surface area (Å²) >= 11 is 0. The number of aryl methyl sites for hydroxylation is 1. The van der Waals surface area contributed by atoms with Gasteiger partial charge in [-0.05, 0) is 13.3 Å². The first kappa shape index (κ1) is 13.7. The molecule has 1 aromatic heterocycles. The third kappa shape index (κ3) is 4.24. The van der Waals surface area contributed by atoms with Crippen molar-refractivity contribution in [3.63, 3.8) is 0 Å². The molecule has 0 fully saturated rings. The number of rotatable bonds is 6. The topological polar surface area (TPSA) is 117 Å². The lowest BCUT2D eigenvalue weighted by Crippen LogP contribution is -2.45. The Morgan fingerprint density at radius 2 is 2.33 bits per heavy atom. The molecule has 0 aliphatic rings. The van der Waals surface area contributed by atoms with Crippen LogP contribution >= 0.6 is 0 Å². The van der Waals surface area contributed by atoms with Gasteiger partial charge in [0.1, 0.15) is 6.04 Å². The molecule has 0 aliphatic heterocycles. The van der Waals surface area contributed by atoms with Crippen molar-refractivity contribution in [2.24, 2.45) is 0 Å². The minimum absolute atomic E-state index is 0.0348. The van der Waals surface area contributed by atoms with E-state index in [4.69, 9.17) is 9.63 Å². The van der Waals surface area contributed by atoms with Crippen molar-refractivity contribution >= 4 is 12.0 Å². The van der Waals surface area contributed by atoms with Crippen molar-refractivity contribution in [1.82, 2.24) is 20.8 Å². The number of nitrogens with one attached hydrogen (secondary N) is 2. The van der Waals surface area contributed by atoms with Gasteiger partial charge in [-0.1, -0.05) is 11.2 Å². The van der Waals surface area contributed by atoms with E-state index in [9.17, 15) is 9.59 Å². The molecule has 8 nitrogen and oxygen atoms in total. The fourth-order valence-corrected chi connectivity index (χ4v) is 1.17. The molecule has 0 spiro atoms. The first-order valence-corrected chi connectivity index (χ1v) is 5.20. The summed E-state index contributed by atoms with van der Waals surface area (Å²) in [6.07, 6.45) is 1.56. The molecule has 0 saturated heterocycles. The fourth-order valence-electron chi connectivity index (χ4n) is 1.17. The van der Waals surface area contributed by atoms with Crippen LogP contribution < -0.4 is 10.6 Å². The zero-order valence-electron chi connectivity index (χ0n) is 9.84. The maximum atomic E-state index is 11.4. The predicted molar refractivity (Wildman–Crippen MR) is 60.6 cm³/mol. The smallest absolute Gasteiger partial charge is 0.326 e. The Balaban J connectivity index is 2.40. The Hall–Kier alpha value is -2.38. The highest BCUT2D eigenvalue weighted by Crippen LogP contribution is 1.96. The summed E-state index contributed by atoms with van der Waals surface area (Å²) in [5.41, 5.74) is 0. The Morgan fingerprint density at radius 1 is 1.61 bits per heavy atom. The van der Waals surface area contributed by atoms with Gasteiger partial charge in [0.2, 0.25) is 5.89 Å². The van der Waals surface area contributed by atoms with E-state index in [-0.39, 0.29) is 18.9 Å². The highest BCUT2D eigenvalue weighted by Gasteiger charge is 2.18. The average molecular weight is 254 g/mol. The number of carbonyl (C=O) groups is 2. The van der Waals surface area contributed by atoms with Crippen molar-refractivity contribution in [2.45, 2.75) is 25.9 Å². The molecular formula is C10H14N4O4. The zero-order valence-corrected chi connectivity index (χ0v) is 9.84. The molecule has 1 heterocycles. The molecule has 0 aliphatic carbocycles. The van der Waals surface area contributed by atoms with Crippen molar-refractivity contribution < 1.29 is 19.2 Å². The number of hydrogen-bond acceptors (Lipinski definition) is 5. The summed E-state index contributed by atoms with van der Waals surface area (Å²) in [5.74, 6) is -0.417. The van der Waals surface area contributed by atoms with E-state index >= 15 is 0 Å². The van der Waals surface area contributed by atoms with Gasteiger partial charge in [-0.2, -0.15) is 4.98 Å². The van der Waals surface area contributed by atoms with E-state index in [1.807, 2.05) is 0 Å². The largest absolute Gasteiger partial charge is 0.480 e. The summed E-state index contributed by atoms with van der Waals surface area (Å²) in [7, 11) is 0. The van der Waals surface area contributed by atoms with Crippen molar-refractivity contribution in [3.05, 3.63) is 24.4 Å². The van der Waals surface area contributed by atoms with Crippen LogP contribution in [0.3, 0.4) is 0 Å². The third-order valence-corrected chi connectivity index (χ3v) is 1.98. The lowest BCUT2D eigenvalue weighted by Gasteiger charge is -2.12. The highest BCUT2D eigenvalue weighted by molar-refractivity contribution is 5.82. The Bertz CT molecular complexity index is 443. The number of hydrogen-bond donors (Lipinski definition) is 3. The van der Waals surface area contributed by atoms with E-state index in [2.05, 4.69) is 27.4 Å². The first-order chi connectivity index (χ1) is 8.52. The molecule has 1 unspecified atom stereocenters. The van der Waals surface area contributed by atoms with Gasteiger partial charge < -0.3 is 20.3 Å². The molecule has 1 aromatic rings. The van der Waals surface area contributed by atoms with Gasteiger partial charge in [-0.3, -0.25) is 0 Å². The average Bonchev–Trinajstić information content (AvgIpc) is 2.72. The Kier molecular flexibility index (Phi) is 4.85. The fraction of sp³-hybridized carbons (Fsp3) is 0.400. The van der Waals surface area contributed by atoms with Gasteiger partial charge in [-0.15, -0.1) is 6.58 Å². The molecular weight excluding hydrogens is 240 g/mol. The van der Waals surface area contributed by atoms with Crippen LogP contribution in [-0.2, 0) is 11.3 Å². The van der Waals surface area contributed by atoms with Crippen molar-refractivity contribution in [2.75, 3.05) is 0 Å². The molecule has 2 amide bonds. The zero-order chi connectivity index (χ0) is 13.5. The van der Waals surface area contributed by atoms with Crippen LogP contribution in [0.4, 0.5) is 4.79 Å². The maximum absolute atomic E-state index is 11.4. The number of aliphatic carboxylic acids is 1. The number of carboxylic acids is 1. The number of amides is 2. The minimum atomic E-state index is -1.13. The summed E-state index contributed by atoms with van der Waals surface area (Å²) in [4.78, 5) is 26.1. The standard InChI is InChI=1S/C10H14N4O4/c1-3-4-7(9(15)16)13-10(17)11-5-8-12-6(2)14-18-8/h3,7H,1,4-5H2,2H3,(H,15,16)(H2,11,13,17). The number of aromatic nitrogens is 2. The van der Waals surface area contributed by atoms with E-state index in [1.165, 1.54) is 6.08 Å². The van der Waals surface area contributed by atoms with Gasteiger partial charge in [0.25, 0.3) is 0 Å². The molecule has 1 atom stereocenters. The first-order valence-electron chi connectivity index (χ1n) is 5.20. The van der Waals surface area contributed by atoms with E-state index in [0.717, 1.165) is 0 Å². The monoisotopic (exact) mass is 254 g/mol. The molecule has 1 rings (SSSR count). The molecule has 0 saturated carbocycles. The molecule has 0 bridgehead atoms. The van der Waals surface area contributed by atoms with Crippen LogP contribution in [0.5, 0.6) is 0 Å². The SMILES string of the molecule is C=CCC(NC(=O)NCc1nc(C)no1)C(=O)O. The molecule has 8 heteroatoms. The number of nitrogens with zero attached hydrogens (tertiary/aromatic N) is 2. The van der Waals surface area contributed by atoms with Gasteiger partial charge in [0.15, 0.2) is 5.82 Å². The van der Waals surface area contributed by atoms with Gasteiger partial charge >= 0.3 is 12.0 Å². The molecule has 3 N–H and O–H groups in total. The summed E-state index contributed by atoms with van der Waals surface area (Å²) in [5, 5.41) is 17.1. The summed E-state index contributed by atoms with van der Waals surface area (Å²) in [6, 6.07) is -1.63. The lowest BCUT2D eigenvalue weighted by molar-refractivity contribution is -0.139. The van der Waals surface area contributed by atoms with Gasteiger partial charge in [0.05, 0.1) is 6.54 Å². The third-order valence-electron chi connectivity index (χ3n) is 1.98. The van der Waals surface area contributed by atoms with Crippen LogP contribution in [0.1, 0.15) is 18.1 Å². The number of carboxylic acid groups (broad SMARTS) is 1. The second-order valence-electron chi connectivity index (χ2n) is 3.48. The molecule has 18 heavy (non-hydrogen) atoms. The van der Waals surface area contributed by atoms with Gasteiger partial charge in [-0.25, -0.2) is 9.59 Å². The number of urea groups is 1. The van der Waals surface area contributed by atoms with E-state index in [0.29, 0.717) is 5.82 Å². The summed E-state index contributed by atoms with van der Waals surface area (Å²) in [6.45, 7) is 5.10. The normalized spacial score (nSPS) is 11.6. The molecule has 0 radical (unpaired) electrons. The maximum Gasteiger partial charge on any atom is 0.326 e. The van der Waals surface area contributed by atoms with Crippen LogP contribution in [0, 0.1) is 6.92 Å². The van der Waals surface area contributed by atoms with Crippen LogP contribution in [0.25, 0.3) is 0 Å². The predicted octanol–water partition coefficient (Wildman–Crippen LogP) is 0.207. The quantitative estimate of drug-likeness (QED) is 0.624. The second kappa shape index (κ2) is 6.38. The highest BCUT2D eigenvalue weighted by atomic mass is 16.5.